The molecule has 0 aliphatic carbocycles. The Morgan fingerprint density at radius 1 is 1.45 bits per heavy atom. The normalized spacial score (nSPS) is 20.6. The second kappa shape index (κ2) is 4.71. The summed E-state index contributed by atoms with van der Waals surface area (Å²) < 4.78 is 28.5. The largest absolute Gasteiger partial charge is 0.339 e. The molecule has 0 unspecified atom stereocenters. The van der Waals surface area contributed by atoms with Crippen molar-refractivity contribution in [1.82, 2.24) is 24.1 Å². The van der Waals surface area contributed by atoms with Crippen LogP contribution in [0.2, 0.25) is 0 Å². The summed E-state index contributed by atoms with van der Waals surface area (Å²) >= 11 is 0. The second-order valence-corrected chi connectivity index (χ2v) is 6.96. The molecule has 1 saturated heterocycles. The van der Waals surface area contributed by atoms with E-state index in [2.05, 4.69) is 15.2 Å². The maximum Gasteiger partial charge on any atom is 0.262 e. The minimum Gasteiger partial charge on any atom is -0.339 e. The van der Waals surface area contributed by atoms with Gasteiger partial charge in [0.2, 0.25) is 0 Å². The van der Waals surface area contributed by atoms with E-state index in [4.69, 9.17) is 0 Å². The van der Waals surface area contributed by atoms with E-state index in [0.29, 0.717) is 6.54 Å². The zero-order valence-electron chi connectivity index (χ0n) is 11.4. The molecule has 0 aromatic carbocycles. The minimum atomic E-state index is -3.56. The van der Waals surface area contributed by atoms with Gasteiger partial charge in [0.25, 0.3) is 10.0 Å². The van der Waals surface area contributed by atoms with Crippen molar-refractivity contribution >= 4 is 10.0 Å². The molecule has 0 bridgehead atoms. The minimum absolute atomic E-state index is 0.101. The van der Waals surface area contributed by atoms with Crippen molar-refractivity contribution in [2.75, 3.05) is 6.54 Å². The van der Waals surface area contributed by atoms with E-state index in [-0.39, 0.29) is 11.1 Å². The molecule has 3 heterocycles. The van der Waals surface area contributed by atoms with Crippen LogP contribution in [0.3, 0.4) is 0 Å². The quantitative estimate of drug-likeness (QED) is 0.914. The maximum atomic E-state index is 12.7. The highest BCUT2D eigenvalue weighted by Gasteiger charge is 2.38. The van der Waals surface area contributed by atoms with Crippen molar-refractivity contribution in [3.05, 3.63) is 30.0 Å². The number of aromatic nitrogens is 4. The number of nitrogens with zero attached hydrogens (tertiary/aromatic N) is 4. The highest BCUT2D eigenvalue weighted by molar-refractivity contribution is 7.89. The lowest BCUT2D eigenvalue weighted by Gasteiger charge is -2.22. The molecule has 1 aliphatic rings. The van der Waals surface area contributed by atoms with Gasteiger partial charge in [0.15, 0.2) is 5.03 Å². The van der Waals surface area contributed by atoms with Crippen LogP contribution in [-0.2, 0) is 17.1 Å². The van der Waals surface area contributed by atoms with Crippen molar-refractivity contribution < 1.29 is 8.42 Å². The SMILES string of the molecule is Cc1cn[nH]c1[C@@H]1CCCN1S(=O)(=O)c1cn(C)cn1. The molecule has 7 nitrogen and oxygen atoms in total. The van der Waals surface area contributed by atoms with Crippen molar-refractivity contribution in [2.24, 2.45) is 7.05 Å². The van der Waals surface area contributed by atoms with Gasteiger partial charge in [-0.15, -0.1) is 0 Å². The molecule has 8 heteroatoms. The van der Waals surface area contributed by atoms with E-state index in [9.17, 15) is 8.42 Å². The summed E-state index contributed by atoms with van der Waals surface area (Å²) in [5, 5.41) is 7.02. The summed E-state index contributed by atoms with van der Waals surface area (Å²) in [6.45, 7) is 2.45. The van der Waals surface area contributed by atoms with Gasteiger partial charge in [-0.25, -0.2) is 13.4 Å². The summed E-state index contributed by atoms with van der Waals surface area (Å²) in [5.41, 5.74) is 1.86. The molecule has 0 spiro atoms. The molecule has 1 atom stereocenters. The number of H-pyrrole nitrogens is 1. The summed E-state index contributed by atoms with van der Waals surface area (Å²) in [6, 6.07) is -0.176. The Labute approximate surface area is 117 Å². The second-order valence-electron chi connectivity index (χ2n) is 5.12. The van der Waals surface area contributed by atoms with Crippen LogP contribution >= 0.6 is 0 Å². The Hall–Kier alpha value is -1.67. The van der Waals surface area contributed by atoms with Crippen LogP contribution in [0.25, 0.3) is 0 Å². The van der Waals surface area contributed by atoms with E-state index in [0.717, 1.165) is 24.1 Å². The Kier molecular flexibility index (Phi) is 3.14. The number of aryl methyl sites for hydroxylation is 2. The first-order valence-corrected chi connectivity index (χ1v) is 7.94. The molecule has 1 aliphatic heterocycles. The maximum absolute atomic E-state index is 12.7. The first kappa shape index (κ1) is 13.3. The predicted octanol–water partition coefficient (Wildman–Crippen LogP) is 0.977. The third-order valence-electron chi connectivity index (χ3n) is 3.66. The molecular weight excluding hydrogens is 278 g/mol. The molecule has 0 radical (unpaired) electrons. The average molecular weight is 295 g/mol. The van der Waals surface area contributed by atoms with Crippen LogP contribution in [0.5, 0.6) is 0 Å². The summed E-state index contributed by atoms with van der Waals surface area (Å²) in [6.07, 6.45) is 6.40. The number of imidazole rings is 1. The van der Waals surface area contributed by atoms with Gasteiger partial charge in [0, 0.05) is 19.8 Å². The number of nitrogens with one attached hydrogen (secondary N) is 1. The molecular formula is C12H17N5O2S. The van der Waals surface area contributed by atoms with Crippen LogP contribution in [0.4, 0.5) is 0 Å². The van der Waals surface area contributed by atoms with Crippen molar-refractivity contribution in [1.29, 1.82) is 0 Å². The lowest BCUT2D eigenvalue weighted by Crippen LogP contribution is -2.31. The lowest BCUT2D eigenvalue weighted by molar-refractivity contribution is 0.387. The highest BCUT2D eigenvalue weighted by Crippen LogP contribution is 2.36. The van der Waals surface area contributed by atoms with Gasteiger partial charge in [-0.2, -0.15) is 9.40 Å². The standard InChI is InChI=1S/C12H17N5O2S/c1-9-6-14-15-12(9)10-4-3-5-17(10)20(18,19)11-7-16(2)8-13-11/h6-8,10H,3-5H2,1-2H3,(H,14,15)/t10-/m0/s1. The summed E-state index contributed by atoms with van der Waals surface area (Å²) in [4.78, 5) is 3.98. The van der Waals surface area contributed by atoms with Crippen LogP contribution in [0.1, 0.15) is 30.1 Å². The zero-order valence-corrected chi connectivity index (χ0v) is 12.3. The fourth-order valence-corrected chi connectivity index (χ4v) is 4.29. The molecule has 108 valence electrons. The van der Waals surface area contributed by atoms with Gasteiger partial charge in [-0.05, 0) is 25.3 Å². The molecule has 0 saturated carbocycles. The fraction of sp³-hybridized carbons (Fsp3) is 0.500. The van der Waals surface area contributed by atoms with Gasteiger partial charge in [0.1, 0.15) is 0 Å². The zero-order chi connectivity index (χ0) is 14.3. The van der Waals surface area contributed by atoms with Gasteiger partial charge in [-0.3, -0.25) is 5.10 Å². The van der Waals surface area contributed by atoms with Gasteiger partial charge in [-0.1, -0.05) is 0 Å². The summed E-state index contributed by atoms with van der Waals surface area (Å²) in [7, 11) is -1.80. The Balaban J connectivity index is 1.99. The fourth-order valence-electron chi connectivity index (χ4n) is 2.65. The Bertz CT molecular complexity index is 718. The molecule has 1 fully saturated rings. The number of rotatable bonds is 3. The van der Waals surface area contributed by atoms with Crippen molar-refractivity contribution in [3.8, 4) is 0 Å². The highest BCUT2D eigenvalue weighted by atomic mass is 32.2. The van der Waals surface area contributed by atoms with Crippen LogP contribution in [0, 0.1) is 6.92 Å². The van der Waals surface area contributed by atoms with E-state index in [1.807, 2.05) is 6.92 Å². The van der Waals surface area contributed by atoms with E-state index in [1.54, 1.807) is 17.8 Å². The van der Waals surface area contributed by atoms with E-state index >= 15 is 0 Å². The van der Waals surface area contributed by atoms with Crippen molar-refractivity contribution in [2.45, 2.75) is 30.8 Å². The van der Waals surface area contributed by atoms with Gasteiger partial charge >= 0.3 is 0 Å². The summed E-state index contributed by atoms with van der Waals surface area (Å²) in [5.74, 6) is 0. The Morgan fingerprint density at radius 3 is 2.85 bits per heavy atom. The lowest BCUT2D eigenvalue weighted by atomic mass is 10.1. The van der Waals surface area contributed by atoms with Crippen LogP contribution < -0.4 is 0 Å². The number of hydrogen-bond acceptors (Lipinski definition) is 4. The Morgan fingerprint density at radius 2 is 2.25 bits per heavy atom. The van der Waals surface area contributed by atoms with E-state index in [1.165, 1.54) is 16.8 Å². The monoisotopic (exact) mass is 295 g/mol. The van der Waals surface area contributed by atoms with Crippen LogP contribution in [0.15, 0.2) is 23.7 Å². The third-order valence-corrected chi connectivity index (χ3v) is 5.45. The van der Waals surface area contributed by atoms with Crippen LogP contribution in [-0.4, -0.2) is 39.0 Å². The van der Waals surface area contributed by atoms with E-state index < -0.39 is 10.0 Å². The molecule has 2 aromatic rings. The first-order chi connectivity index (χ1) is 9.50. The number of sulfonamides is 1. The first-order valence-electron chi connectivity index (χ1n) is 6.50. The molecule has 20 heavy (non-hydrogen) atoms. The van der Waals surface area contributed by atoms with Crippen molar-refractivity contribution in [3.63, 3.8) is 0 Å². The third kappa shape index (κ3) is 2.04. The molecule has 2 aromatic heterocycles. The molecule has 0 amide bonds. The predicted molar refractivity (Wildman–Crippen MR) is 72.4 cm³/mol. The smallest absolute Gasteiger partial charge is 0.262 e. The number of aromatic amines is 1. The molecule has 3 rings (SSSR count). The van der Waals surface area contributed by atoms with Gasteiger partial charge in [0.05, 0.1) is 24.3 Å². The topological polar surface area (TPSA) is 83.9 Å². The van der Waals surface area contributed by atoms with Gasteiger partial charge < -0.3 is 4.57 Å². The molecule has 1 N–H and O–H groups in total. The number of hydrogen-bond donors (Lipinski definition) is 1. The average Bonchev–Trinajstić information content (AvgIpc) is 3.07.